The largest absolute Gasteiger partial charge is 0.353 e. The van der Waals surface area contributed by atoms with Gasteiger partial charge in [-0.1, -0.05) is 0 Å². The predicted molar refractivity (Wildman–Crippen MR) is 80.0 cm³/mol. The first-order valence-electron chi connectivity index (χ1n) is 7.09. The molecule has 5 nitrogen and oxygen atoms in total. The molecule has 0 bridgehead atoms. The third-order valence-electron chi connectivity index (χ3n) is 4.21. The quantitative estimate of drug-likeness (QED) is 0.844. The van der Waals surface area contributed by atoms with Crippen molar-refractivity contribution in [1.82, 2.24) is 15.2 Å². The average Bonchev–Trinajstić information content (AvgIpc) is 3.00. The van der Waals surface area contributed by atoms with E-state index in [2.05, 4.69) is 38.3 Å². The highest BCUT2D eigenvalue weighted by Gasteiger charge is 2.27. The van der Waals surface area contributed by atoms with E-state index in [1.54, 1.807) is 0 Å². The van der Waals surface area contributed by atoms with Crippen molar-refractivity contribution in [3.63, 3.8) is 0 Å². The Balaban J connectivity index is 1.88. The van der Waals surface area contributed by atoms with Crippen LogP contribution in [0.3, 0.4) is 0 Å². The molecule has 0 N–H and O–H groups in total. The van der Waals surface area contributed by atoms with E-state index < -0.39 is 0 Å². The molecule has 3 heterocycles. The van der Waals surface area contributed by atoms with Crippen LogP contribution in [0.2, 0.25) is 0 Å². The van der Waals surface area contributed by atoms with E-state index in [1.807, 2.05) is 26.2 Å². The first-order chi connectivity index (χ1) is 10.2. The van der Waals surface area contributed by atoms with E-state index in [-0.39, 0.29) is 0 Å². The third kappa shape index (κ3) is 2.45. The van der Waals surface area contributed by atoms with Crippen LogP contribution in [-0.4, -0.2) is 28.3 Å². The lowest BCUT2D eigenvalue weighted by atomic mass is 10.00. The number of nitrogens with zero attached hydrogens (tertiary/aromatic N) is 5. The van der Waals surface area contributed by atoms with Gasteiger partial charge in [0.15, 0.2) is 5.82 Å². The van der Waals surface area contributed by atoms with Crippen molar-refractivity contribution in [2.24, 2.45) is 0 Å². The molecular formula is C16H17N5. The summed E-state index contributed by atoms with van der Waals surface area (Å²) in [6, 6.07) is 6.40. The molecule has 0 amide bonds. The molecular weight excluding hydrogens is 262 g/mol. The van der Waals surface area contributed by atoms with Gasteiger partial charge in [-0.2, -0.15) is 10.4 Å². The first-order valence-corrected chi connectivity index (χ1v) is 7.09. The summed E-state index contributed by atoms with van der Waals surface area (Å²) in [5.41, 5.74) is 3.69. The maximum absolute atomic E-state index is 9.41. The van der Waals surface area contributed by atoms with E-state index >= 15 is 0 Å². The van der Waals surface area contributed by atoms with Crippen molar-refractivity contribution < 1.29 is 0 Å². The number of aromatic nitrogens is 3. The van der Waals surface area contributed by atoms with E-state index in [0.29, 0.717) is 11.5 Å². The standard InChI is InChI=1S/C16H17N5/c1-11-12(2)19-20-16(15(11)9-17)21-8-5-14(10-21)13-3-6-18-7-4-13/h3-4,6-7,14H,5,8,10H2,1-2H3. The summed E-state index contributed by atoms with van der Waals surface area (Å²) in [5, 5.41) is 17.9. The van der Waals surface area contributed by atoms with Crippen LogP contribution in [0.5, 0.6) is 0 Å². The molecule has 1 unspecified atom stereocenters. The second kappa shape index (κ2) is 5.49. The van der Waals surface area contributed by atoms with Crippen molar-refractivity contribution in [3.05, 3.63) is 46.9 Å². The van der Waals surface area contributed by atoms with Gasteiger partial charge in [0.25, 0.3) is 0 Å². The smallest absolute Gasteiger partial charge is 0.169 e. The van der Waals surface area contributed by atoms with E-state index in [4.69, 9.17) is 0 Å². The molecule has 0 saturated carbocycles. The highest BCUT2D eigenvalue weighted by molar-refractivity contribution is 5.58. The molecule has 106 valence electrons. The van der Waals surface area contributed by atoms with Gasteiger partial charge < -0.3 is 4.90 Å². The SMILES string of the molecule is Cc1nnc(N2CCC(c3ccncc3)C2)c(C#N)c1C. The van der Waals surface area contributed by atoms with Crippen LogP contribution in [-0.2, 0) is 0 Å². The summed E-state index contributed by atoms with van der Waals surface area (Å²) < 4.78 is 0. The van der Waals surface area contributed by atoms with E-state index in [1.165, 1.54) is 5.56 Å². The van der Waals surface area contributed by atoms with Crippen molar-refractivity contribution in [3.8, 4) is 6.07 Å². The Labute approximate surface area is 124 Å². The molecule has 3 rings (SSSR count). The molecule has 1 saturated heterocycles. The lowest BCUT2D eigenvalue weighted by Gasteiger charge is -2.19. The van der Waals surface area contributed by atoms with Crippen LogP contribution in [0.1, 0.15) is 34.7 Å². The Hall–Kier alpha value is -2.48. The van der Waals surface area contributed by atoms with Crippen molar-refractivity contribution in [1.29, 1.82) is 5.26 Å². The third-order valence-corrected chi connectivity index (χ3v) is 4.21. The number of hydrogen-bond acceptors (Lipinski definition) is 5. The van der Waals surface area contributed by atoms with E-state index in [9.17, 15) is 5.26 Å². The number of pyridine rings is 1. The zero-order valence-corrected chi connectivity index (χ0v) is 12.2. The van der Waals surface area contributed by atoms with Crippen LogP contribution in [0.25, 0.3) is 0 Å². The van der Waals surface area contributed by atoms with Gasteiger partial charge in [0.1, 0.15) is 11.6 Å². The molecule has 0 radical (unpaired) electrons. The molecule has 0 aromatic carbocycles. The summed E-state index contributed by atoms with van der Waals surface area (Å²) in [6.45, 7) is 5.59. The zero-order valence-electron chi connectivity index (χ0n) is 12.2. The summed E-state index contributed by atoms with van der Waals surface area (Å²) >= 11 is 0. The number of aryl methyl sites for hydroxylation is 1. The monoisotopic (exact) mass is 279 g/mol. The van der Waals surface area contributed by atoms with Crippen LogP contribution < -0.4 is 4.90 Å². The summed E-state index contributed by atoms with van der Waals surface area (Å²) in [7, 11) is 0. The average molecular weight is 279 g/mol. The number of hydrogen-bond donors (Lipinski definition) is 0. The van der Waals surface area contributed by atoms with Gasteiger partial charge in [0.2, 0.25) is 0 Å². The molecule has 1 fully saturated rings. The lowest BCUT2D eigenvalue weighted by Crippen LogP contribution is -2.23. The maximum Gasteiger partial charge on any atom is 0.169 e. The molecule has 1 aliphatic rings. The second-order valence-corrected chi connectivity index (χ2v) is 5.43. The molecule has 0 spiro atoms. The van der Waals surface area contributed by atoms with Gasteiger partial charge in [-0.3, -0.25) is 4.98 Å². The molecule has 21 heavy (non-hydrogen) atoms. The van der Waals surface area contributed by atoms with E-state index in [0.717, 1.165) is 36.6 Å². The minimum Gasteiger partial charge on any atom is -0.353 e. The molecule has 1 aliphatic heterocycles. The summed E-state index contributed by atoms with van der Waals surface area (Å²) in [4.78, 5) is 6.23. The van der Waals surface area contributed by atoms with Crippen molar-refractivity contribution in [2.75, 3.05) is 18.0 Å². The first kappa shape index (κ1) is 13.5. The van der Waals surface area contributed by atoms with Gasteiger partial charge in [-0.25, -0.2) is 0 Å². The van der Waals surface area contributed by atoms with Crippen LogP contribution in [0, 0.1) is 25.2 Å². The molecule has 2 aromatic rings. The van der Waals surface area contributed by atoms with Crippen molar-refractivity contribution >= 4 is 5.82 Å². The Morgan fingerprint density at radius 1 is 1.24 bits per heavy atom. The Morgan fingerprint density at radius 2 is 2.00 bits per heavy atom. The van der Waals surface area contributed by atoms with Gasteiger partial charge in [0, 0.05) is 31.4 Å². The minimum absolute atomic E-state index is 0.461. The Kier molecular flexibility index (Phi) is 3.53. The second-order valence-electron chi connectivity index (χ2n) is 5.43. The minimum atomic E-state index is 0.461. The number of nitriles is 1. The number of rotatable bonds is 2. The van der Waals surface area contributed by atoms with Crippen LogP contribution in [0.4, 0.5) is 5.82 Å². The summed E-state index contributed by atoms with van der Waals surface area (Å²) in [6.07, 6.45) is 4.71. The summed E-state index contributed by atoms with van der Waals surface area (Å²) in [5.74, 6) is 1.18. The normalized spacial score (nSPS) is 17.8. The maximum atomic E-state index is 9.41. The zero-order chi connectivity index (χ0) is 14.8. The fourth-order valence-electron chi connectivity index (χ4n) is 2.81. The van der Waals surface area contributed by atoms with Gasteiger partial charge >= 0.3 is 0 Å². The van der Waals surface area contributed by atoms with Crippen LogP contribution in [0.15, 0.2) is 24.5 Å². The highest BCUT2D eigenvalue weighted by atomic mass is 15.3. The molecule has 0 aliphatic carbocycles. The number of anilines is 1. The van der Waals surface area contributed by atoms with Gasteiger partial charge in [-0.15, -0.1) is 5.10 Å². The van der Waals surface area contributed by atoms with Crippen LogP contribution >= 0.6 is 0 Å². The molecule has 5 heteroatoms. The lowest BCUT2D eigenvalue weighted by molar-refractivity contribution is 0.770. The molecule has 2 aromatic heterocycles. The predicted octanol–water partition coefficient (Wildman–Crippen LogP) is 2.35. The Bertz CT molecular complexity index is 690. The van der Waals surface area contributed by atoms with Gasteiger partial charge in [0.05, 0.1) is 5.69 Å². The Morgan fingerprint density at radius 3 is 2.71 bits per heavy atom. The highest BCUT2D eigenvalue weighted by Crippen LogP contribution is 2.31. The topological polar surface area (TPSA) is 65.7 Å². The van der Waals surface area contributed by atoms with Gasteiger partial charge in [-0.05, 0) is 43.5 Å². The fraction of sp³-hybridized carbons (Fsp3) is 0.375. The molecule has 1 atom stereocenters. The fourth-order valence-corrected chi connectivity index (χ4v) is 2.81. The van der Waals surface area contributed by atoms with Crippen molar-refractivity contribution in [2.45, 2.75) is 26.2 Å².